The van der Waals surface area contributed by atoms with Gasteiger partial charge in [-0.25, -0.2) is 9.79 Å². The van der Waals surface area contributed by atoms with Crippen LogP contribution in [0, 0.1) is 0 Å². The van der Waals surface area contributed by atoms with Gasteiger partial charge in [-0.05, 0) is 56.9 Å². The molecule has 0 radical (unpaired) electrons. The number of hydrogen-bond donors (Lipinski definition) is 0. The lowest BCUT2D eigenvalue weighted by Gasteiger charge is -2.27. The van der Waals surface area contributed by atoms with Crippen LogP contribution in [-0.2, 0) is 9.53 Å². The van der Waals surface area contributed by atoms with Crippen molar-refractivity contribution in [1.29, 1.82) is 0 Å². The van der Waals surface area contributed by atoms with E-state index in [0.29, 0.717) is 44.1 Å². The van der Waals surface area contributed by atoms with Crippen LogP contribution in [0.4, 0.5) is 5.88 Å². The van der Waals surface area contributed by atoms with Gasteiger partial charge in [0.2, 0.25) is 0 Å². The first kappa shape index (κ1) is 27.5. The van der Waals surface area contributed by atoms with Crippen LogP contribution in [0.15, 0.2) is 60.3 Å². The van der Waals surface area contributed by atoms with Crippen molar-refractivity contribution in [3.63, 3.8) is 0 Å². The maximum Gasteiger partial charge on any atom is 0.338 e. The number of fused-ring (bicyclic) bond motifs is 1. The van der Waals surface area contributed by atoms with E-state index in [9.17, 15) is 9.59 Å². The van der Waals surface area contributed by atoms with Gasteiger partial charge in [-0.2, -0.15) is 0 Å². The van der Waals surface area contributed by atoms with Gasteiger partial charge in [0.05, 0.1) is 29.5 Å². The number of allylic oxidation sites excluding steroid dienone is 1. The van der Waals surface area contributed by atoms with Gasteiger partial charge in [0.1, 0.15) is 17.6 Å². The maximum absolute atomic E-state index is 14.0. The lowest BCUT2D eigenvalue weighted by atomic mass is 9.93. The second-order valence-corrected chi connectivity index (χ2v) is 11.4. The third-order valence-corrected chi connectivity index (χ3v) is 8.41. The Kier molecular flexibility index (Phi) is 8.42. The fraction of sp³-hybridized carbons (Fsp3) is 0.414. The molecule has 39 heavy (non-hydrogen) atoms. The molecule has 0 bridgehead atoms. The van der Waals surface area contributed by atoms with Crippen molar-refractivity contribution in [1.82, 2.24) is 4.57 Å². The number of furan rings is 1. The molecule has 0 unspecified atom stereocenters. The van der Waals surface area contributed by atoms with Crippen molar-refractivity contribution in [2.24, 2.45) is 4.99 Å². The normalized spacial score (nSPS) is 17.7. The Labute approximate surface area is 239 Å². The molecular formula is C29H32BrN3O5S. The summed E-state index contributed by atoms with van der Waals surface area (Å²) in [6, 6.07) is 8.67. The summed E-state index contributed by atoms with van der Waals surface area (Å²) in [6.45, 7) is 5.96. The predicted molar refractivity (Wildman–Crippen MR) is 155 cm³/mol. The molecule has 8 nitrogen and oxygen atoms in total. The van der Waals surface area contributed by atoms with Crippen molar-refractivity contribution < 1.29 is 18.7 Å². The molecule has 1 atom stereocenters. The molecule has 2 aromatic heterocycles. The van der Waals surface area contributed by atoms with E-state index in [1.54, 1.807) is 24.7 Å². The molecule has 1 aromatic carbocycles. The Morgan fingerprint density at radius 2 is 2.00 bits per heavy atom. The molecule has 2 aliphatic rings. The number of methoxy groups -OCH3 is 1. The number of halogens is 1. The van der Waals surface area contributed by atoms with Gasteiger partial charge in [-0.3, -0.25) is 9.36 Å². The molecule has 10 heteroatoms. The first-order valence-electron chi connectivity index (χ1n) is 13.3. The minimum atomic E-state index is -0.753. The SMILES string of the molecule is CCCC1=C(C(=O)OCC)[C@H](c2cc(Br)ccc2OC)n2c(s/c(=C/c3ccc(N4CCCCC4)o3)c2=O)=N1. The number of thiazole rings is 1. The summed E-state index contributed by atoms with van der Waals surface area (Å²) in [6.07, 6.45) is 6.66. The van der Waals surface area contributed by atoms with E-state index >= 15 is 0 Å². The number of carbonyl (C=O) groups excluding carboxylic acids is 1. The average molecular weight is 615 g/mol. The lowest BCUT2D eigenvalue weighted by Crippen LogP contribution is -2.40. The van der Waals surface area contributed by atoms with Crippen LogP contribution < -0.4 is 24.5 Å². The maximum atomic E-state index is 14.0. The summed E-state index contributed by atoms with van der Waals surface area (Å²) in [4.78, 5) is 35.0. The van der Waals surface area contributed by atoms with E-state index in [1.807, 2.05) is 37.3 Å². The number of hydrogen-bond acceptors (Lipinski definition) is 8. The van der Waals surface area contributed by atoms with E-state index in [0.717, 1.165) is 42.7 Å². The second kappa shape index (κ2) is 12.0. The Balaban J connectivity index is 1.69. The van der Waals surface area contributed by atoms with E-state index < -0.39 is 12.0 Å². The smallest absolute Gasteiger partial charge is 0.338 e. The molecule has 1 saturated heterocycles. The largest absolute Gasteiger partial charge is 0.496 e. The van der Waals surface area contributed by atoms with Crippen LogP contribution in [0.1, 0.15) is 63.3 Å². The van der Waals surface area contributed by atoms with Crippen molar-refractivity contribution in [2.75, 3.05) is 31.7 Å². The highest BCUT2D eigenvalue weighted by molar-refractivity contribution is 9.10. The number of carbonyl (C=O) groups is 1. The first-order chi connectivity index (χ1) is 18.9. The summed E-state index contributed by atoms with van der Waals surface area (Å²) >= 11 is 4.84. The quantitative estimate of drug-likeness (QED) is 0.335. The zero-order chi connectivity index (χ0) is 27.5. The fourth-order valence-corrected chi connectivity index (χ4v) is 6.55. The van der Waals surface area contributed by atoms with Crippen molar-refractivity contribution in [3.05, 3.63) is 77.1 Å². The second-order valence-electron chi connectivity index (χ2n) is 9.52. The number of esters is 1. The molecule has 3 aromatic rings. The minimum absolute atomic E-state index is 0.215. The number of rotatable bonds is 8. The van der Waals surface area contributed by atoms with Gasteiger partial charge < -0.3 is 18.8 Å². The van der Waals surface area contributed by atoms with Crippen LogP contribution in [0.25, 0.3) is 6.08 Å². The summed E-state index contributed by atoms with van der Waals surface area (Å²) in [5.41, 5.74) is 1.41. The van der Waals surface area contributed by atoms with Gasteiger partial charge in [0, 0.05) is 35.3 Å². The number of anilines is 1. The summed E-state index contributed by atoms with van der Waals surface area (Å²) in [7, 11) is 1.58. The first-order valence-corrected chi connectivity index (χ1v) is 15.0. The van der Waals surface area contributed by atoms with Crippen LogP contribution in [0.5, 0.6) is 5.75 Å². The van der Waals surface area contributed by atoms with Crippen LogP contribution in [-0.4, -0.2) is 37.3 Å². The van der Waals surface area contributed by atoms with Gasteiger partial charge >= 0.3 is 5.97 Å². The number of aromatic nitrogens is 1. The molecule has 2 aliphatic heterocycles. The molecule has 1 fully saturated rings. The number of ether oxygens (including phenoxy) is 2. The summed E-state index contributed by atoms with van der Waals surface area (Å²) < 4.78 is 20.2. The van der Waals surface area contributed by atoms with E-state index in [-0.39, 0.29) is 12.2 Å². The number of piperidine rings is 1. The molecule has 0 amide bonds. The van der Waals surface area contributed by atoms with Crippen molar-refractivity contribution >= 4 is 45.2 Å². The van der Waals surface area contributed by atoms with Crippen molar-refractivity contribution in [3.8, 4) is 5.75 Å². The van der Waals surface area contributed by atoms with Crippen LogP contribution in [0.3, 0.4) is 0 Å². The molecule has 0 spiro atoms. The monoisotopic (exact) mass is 613 g/mol. The standard InChI is InChI=1S/C29H32BrN3O5S/c1-4-9-21-25(28(35)37-5-2)26(20-16-18(30)10-12-22(20)36-3)33-27(34)23(39-29(33)31-21)17-19-11-13-24(38-19)32-14-7-6-8-15-32/h10-13,16-17,26H,4-9,14-15H2,1-3H3/b23-17+/t26-/m0/s1. The van der Waals surface area contributed by atoms with Gasteiger partial charge in [-0.1, -0.05) is 40.6 Å². The Hall–Kier alpha value is -3.11. The molecule has 0 aliphatic carbocycles. The molecule has 206 valence electrons. The van der Waals surface area contributed by atoms with Crippen LogP contribution >= 0.6 is 27.3 Å². The zero-order valence-electron chi connectivity index (χ0n) is 22.4. The molecule has 5 rings (SSSR count). The predicted octanol–water partition coefficient (Wildman–Crippen LogP) is 4.93. The highest BCUT2D eigenvalue weighted by Crippen LogP contribution is 2.38. The highest BCUT2D eigenvalue weighted by Gasteiger charge is 2.36. The summed E-state index contributed by atoms with van der Waals surface area (Å²) in [5, 5.41) is 0. The van der Waals surface area contributed by atoms with Crippen LogP contribution in [0.2, 0.25) is 0 Å². The average Bonchev–Trinajstić information content (AvgIpc) is 3.53. The van der Waals surface area contributed by atoms with Crippen molar-refractivity contribution in [2.45, 2.75) is 52.0 Å². The Morgan fingerprint density at radius 1 is 1.21 bits per heavy atom. The summed E-state index contributed by atoms with van der Waals surface area (Å²) in [5.74, 6) is 1.51. The topological polar surface area (TPSA) is 86.3 Å². The zero-order valence-corrected chi connectivity index (χ0v) is 24.8. The molecule has 0 saturated carbocycles. The number of benzene rings is 1. The fourth-order valence-electron chi connectivity index (χ4n) is 5.17. The lowest BCUT2D eigenvalue weighted by molar-refractivity contribution is -0.139. The van der Waals surface area contributed by atoms with E-state index in [1.165, 1.54) is 17.8 Å². The van der Waals surface area contributed by atoms with Gasteiger partial charge in [0.25, 0.3) is 5.56 Å². The Morgan fingerprint density at radius 3 is 2.72 bits per heavy atom. The molecule has 0 N–H and O–H groups in total. The van der Waals surface area contributed by atoms with Gasteiger partial charge in [-0.15, -0.1) is 0 Å². The molecular weight excluding hydrogens is 582 g/mol. The minimum Gasteiger partial charge on any atom is -0.496 e. The number of nitrogens with zero attached hydrogens (tertiary/aromatic N) is 3. The van der Waals surface area contributed by atoms with Gasteiger partial charge in [0.15, 0.2) is 10.7 Å². The molecule has 4 heterocycles. The Bertz CT molecular complexity index is 1580. The third kappa shape index (κ3) is 5.49. The van der Waals surface area contributed by atoms with E-state index in [4.69, 9.17) is 18.9 Å². The highest BCUT2D eigenvalue weighted by atomic mass is 79.9. The van der Waals surface area contributed by atoms with E-state index in [2.05, 4.69) is 20.8 Å². The third-order valence-electron chi connectivity index (χ3n) is 6.93.